The highest BCUT2D eigenvalue weighted by molar-refractivity contribution is 7.99. The van der Waals surface area contributed by atoms with E-state index in [0.717, 1.165) is 15.6 Å². The van der Waals surface area contributed by atoms with Gasteiger partial charge < -0.3 is 17.7 Å². The zero-order valence-corrected chi connectivity index (χ0v) is 13.6. The van der Waals surface area contributed by atoms with Gasteiger partial charge in [0.05, 0.1) is 26.7 Å². The Kier molecular flexibility index (Phi) is 3.74. The van der Waals surface area contributed by atoms with E-state index in [9.17, 15) is 0 Å². The molecule has 106 valence electrons. The average molecular weight is 335 g/mol. The molecule has 1 aliphatic heterocycles. The molecular formula is C16H12Cl2N2S. The number of para-hydroxylation sites is 1. The molecule has 0 amide bonds. The molecule has 1 aromatic heterocycles. The largest absolute Gasteiger partial charge is 1.00 e. The molecule has 0 bridgehead atoms. The Balaban J connectivity index is 0.00000132. The van der Waals surface area contributed by atoms with Crippen molar-refractivity contribution in [1.29, 1.82) is 0 Å². The normalized spacial score (nSPS) is 12.1. The first-order chi connectivity index (χ1) is 9.74. The fourth-order valence-corrected chi connectivity index (χ4v) is 3.98. The second-order valence-corrected chi connectivity index (χ2v) is 6.30. The van der Waals surface area contributed by atoms with Gasteiger partial charge in [-0.3, -0.25) is 0 Å². The van der Waals surface area contributed by atoms with Crippen LogP contribution in [0.3, 0.4) is 0 Å². The highest BCUT2D eigenvalue weighted by Crippen LogP contribution is 2.48. The Morgan fingerprint density at radius 3 is 2.76 bits per heavy atom. The maximum Gasteiger partial charge on any atom is 0.214 e. The minimum Gasteiger partial charge on any atom is -1.00 e. The van der Waals surface area contributed by atoms with E-state index in [-0.39, 0.29) is 12.4 Å². The van der Waals surface area contributed by atoms with Crippen LogP contribution < -0.4 is 22.3 Å². The molecule has 0 atom stereocenters. The van der Waals surface area contributed by atoms with Crippen molar-refractivity contribution < 1.29 is 17.0 Å². The lowest BCUT2D eigenvalue weighted by Gasteiger charge is -2.21. The number of hydrogen-bond donors (Lipinski definition) is 1. The van der Waals surface area contributed by atoms with Gasteiger partial charge in [0, 0.05) is 6.07 Å². The lowest BCUT2D eigenvalue weighted by molar-refractivity contribution is -0.646. The molecule has 0 radical (unpaired) electrons. The fourth-order valence-electron chi connectivity index (χ4n) is 2.60. The zero-order chi connectivity index (χ0) is 13.7. The number of nitrogens with zero attached hydrogens (tertiary/aromatic N) is 1. The van der Waals surface area contributed by atoms with E-state index in [1.54, 1.807) is 11.8 Å². The van der Waals surface area contributed by atoms with Crippen molar-refractivity contribution in [1.82, 2.24) is 0 Å². The summed E-state index contributed by atoms with van der Waals surface area (Å²) in [5, 5.41) is 5.55. The van der Waals surface area contributed by atoms with Gasteiger partial charge in [-0.25, -0.2) is 0 Å². The summed E-state index contributed by atoms with van der Waals surface area (Å²) in [7, 11) is 2.07. The number of hydrogen-bond acceptors (Lipinski definition) is 2. The lowest BCUT2D eigenvalue weighted by Crippen LogP contribution is -3.00. The number of pyridine rings is 1. The summed E-state index contributed by atoms with van der Waals surface area (Å²) in [4.78, 5) is 2.30. The average Bonchev–Trinajstić information content (AvgIpc) is 2.47. The standard InChI is InChI=1S/C16H11ClN2S.ClH/c1-19-9-14-15(10-5-2-3-8-13(10)19)18-12-7-4-6-11(17)16(12)20-14;/h2-9H,1H3;1H. The molecule has 21 heavy (non-hydrogen) atoms. The lowest BCUT2D eigenvalue weighted by atomic mass is 10.1. The van der Waals surface area contributed by atoms with Gasteiger partial charge >= 0.3 is 0 Å². The first-order valence-electron chi connectivity index (χ1n) is 6.39. The van der Waals surface area contributed by atoms with Crippen molar-refractivity contribution in [2.24, 2.45) is 7.05 Å². The minimum absolute atomic E-state index is 0. The van der Waals surface area contributed by atoms with Gasteiger partial charge in [0.25, 0.3) is 0 Å². The van der Waals surface area contributed by atoms with Crippen molar-refractivity contribution in [2.75, 3.05) is 5.32 Å². The molecule has 0 saturated carbocycles. The van der Waals surface area contributed by atoms with Crippen LogP contribution in [0, 0.1) is 0 Å². The molecule has 0 fully saturated rings. The molecule has 3 aromatic rings. The quantitative estimate of drug-likeness (QED) is 0.491. The van der Waals surface area contributed by atoms with Crippen LogP contribution in [-0.4, -0.2) is 0 Å². The smallest absolute Gasteiger partial charge is 0.214 e. The topological polar surface area (TPSA) is 15.9 Å². The number of rotatable bonds is 0. The van der Waals surface area contributed by atoms with Gasteiger partial charge in [-0.05, 0) is 18.2 Å². The van der Waals surface area contributed by atoms with Crippen LogP contribution in [0.4, 0.5) is 11.4 Å². The predicted molar refractivity (Wildman–Crippen MR) is 84.0 cm³/mol. The van der Waals surface area contributed by atoms with Gasteiger partial charge in [-0.1, -0.05) is 41.6 Å². The summed E-state index contributed by atoms with van der Waals surface area (Å²) >= 11 is 8.02. The number of nitrogens with one attached hydrogen (secondary N) is 1. The summed E-state index contributed by atoms with van der Waals surface area (Å²) in [6.07, 6.45) is 2.15. The molecule has 0 aliphatic carbocycles. The maximum absolute atomic E-state index is 6.30. The molecule has 1 N–H and O–H groups in total. The van der Waals surface area contributed by atoms with Crippen molar-refractivity contribution in [3.63, 3.8) is 0 Å². The molecule has 2 nitrogen and oxygen atoms in total. The minimum atomic E-state index is 0. The summed E-state index contributed by atoms with van der Waals surface area (Å²) in [5.74, 6) is 0. The van der Waals surface area contributed by atoms with Crippen molar-refractivity contribution in [3.05, 3.63) is 53.7 Å². The van der Waals surface area contributed by atoms with E-state index in [1.165, 1.54) is 21.5 Å². The third-order valence-electron chi connectivity index (χ3n) is 3.55. The summed E-state index contributed by atoms with van der Waals surface area (Å²) in [5.41, 5.74) is 3.46. The number of aryl methyl sites for hydroxylation is 1. The third kappa shape index (κ3) is 2.26. The molecule has 4 rings (SSSR count). The molecule has 0 spiro atoms. The fraction of sp³-hybridized carbons (Fsp3) is 0.0625. The van der Waals surface area contributed by atoms with Crippen LogP contribution in [0.2, 0.25) is 5.02 Å². The van der Waals surface area contributed by atoms with Crippen molar-refractivity contribution >= 4 is 45.6 Å². The van der Waals surface area contributed by atoms with Crippen LogP contribution >= 0.6 is 23.4 Å². The molecule has 2 aromatic carbocycles. The van der Waals surface area contributed by atoms with E-state index in [2.05, 4.69) is 53.5 Å². The van der Waals surface area contributed by atoms with Crippen molar-refractivity contribution in [2.45, 2.75) is 9.79 Å². The van der Waals surface area contributed by atoms with Crippen LogP contribution in [0.1, 0.15) is 0 Å². The highest BCUT2D eigenvalue weighted by Gasteiger charge is 2.23. The molecule has 0 saturated heterocycles. The number of aromatic nitrogens is 1. The number of fused-ring (bicyclic) bond motifs is 4. The summed E-state index contributed by atoms with van der Waals surface area (Å²) in [6.45, 7) is 0. The first-order valence-corrected chi connectivity index (χ1v) is 7.58. The van der Waals surface area contributed by atoms with E-state index in [1.807, 2.05) is 12.1 Å². The third-order valence-corrected chi connectivity index (χ3v) is 5.15. The highest BCUT2D eigenvalue weighted by atomic mass is 35.5. The Morgan fingerprint density at radius 2 is 1.90 bits per heavy atom. The van der Waals surface area contributed by atoms with Gasteiger partial charge in [-0.2, -0.15) is 4.57 Å². The number of halogens is 2. The Bertz CT molecular complexity index is 849. The molecule has 5 heteroatoms. The second kappa shape index (κ2) is 5.41. The second-order valence-electron chi connectivity index (χ2n) is 4.84. The van der Waals surface area contributed by atoms with E-state index < -0.39 is 0 Å². The Labute approximate surface area is 138 Å². The van der Waals surface area contributed by atoms with E-state index in [4.69, 9.17) is 11.6 Å². The monoisotopic (exact) mass is 334 g/mol. The number of benzene rings is 2. The van der Waals surface area contributed by atoms with Gasteiger partial charge in [0.2, 0.25) is 5.52 Å². The van der Waals surface area contributed by atoms with E-state index >= 15 is 0 Å². The predicted octanol–water partition coefficient (Wildman–Crippen LogP) is 1.53. The summed E-state index contributed by atoms with van der Waals surface area (Å²) in [6, 6.07) is 14.4. The Hall–Kier alpha value is -1.42. The van der Waals surface area contributed by atoms with Gasteiger partial charge in [-0.15, -0.1) is 0 Å². The molecular weight excluding hydrogens is 323 g/mol. The van der Waals surface area contributed by atoms with E-state index in [0.29, 0.717) is 0 Å². The van der Waals surface area contributed by atoms with Crippen LogP contribution in [0.5, 0.6) is 0 Å². The van der Waals surface area contributed by atoms with Crippen LogP contribution in [-0.2, 0) is 7.05 Å². The van der Waals surface area contributed by atoms with Crippen molar-refractivity contribution in [3.8, 4) is 0 Å². The number of anilines is 2. The van der Waals surface area contributed by atoms with Crippen LogP contribution in [0.25, 0.3) is 10.9 Å². The summed E-state index contributed by atoms with van der Waals surface area (Å²) < 4.78 is 2.16. The zero-order valence-electron chi connectivity index (χ0n) is 11.2. The molecule has 0 unspecified atom stereocenters. The van der Waals surface area contributed by atoms with Crippen LogP contribution in [0.15, 0.2) is 58.5 Å². The van der Waals surface area contributed by atoms with Gasteiger partial charge in [0.1, 0.15) is 11.9 Å². The molecule has 2 heterocycles. The molecule has 1 aliphatic rings. The Morgan fingerprint density at radius 1 is 1.10 bits per heavy atom. The first kappa shape index (κ1) is 14.5. The van der Waals surface area contributed by atoms with Gasteiger partial charge in [0.15, 0.2) is 6.20 Å². The maximum atomic E-state index is 6.30. The SMILES string of the molecule is C[n+]1cc2c(c3ccccc31)Nc1cccc(Cl)c1S2.[Cl-].